The number of aliphatic carboxylic acids is 1. The number of carboxylic acid groups (broad SMARTS) is 1. The van der Waals surface area contributed by atoms with Crippen LogP contribution in [0.15, 0.2) is 0 Å². The minimum Gasteiger partial charge on any atom is -0.616 e. The van der Waals surface area contributed by atoms with E-state index in [4.69, 9.17) is 5.11 Å². The first-order valence-corrected chi connectivity index (χ1v) is 6.58. The van der Waals surface area contributed by atoms with Crippen molar-refractivity contribution in [1.82, 2.24) is 0 Å². The minimum atomic E-state index is -1.30. The zero-order valence-corrected chi connectivity index (χ0v) is 10.0. The molecule has 0 rings (SSSR count). The summed E-state index contributed by atoms with van der Waals surface area (Å²) in [5, 5.41) is 8.97. The molecule has 0 aliphatic heterocycles. The average molecular weight is 220 g/mol. The fourth-order valence-corrected chi connectivity index (χ4v) is 1.94. The summed E-state index contributed by atoms with van der Waals surface area (Å²) >= 11 is -1.30. The van der Waals surface area contributed by atoms with Gasteiger partial charge in [-0.1, -0.05) is 26.2 Å². The van der Waals surface area contributed by atoms with Gasteiger partial charge < -0.3 is 9.66 Å². The molecule has 0 amide bonds. The second-order valence-corrected chi connectivity index (χ2v) is 5.61. The van der Waals surface area contributed by atoms with Gasteiger partial charge in [0.05, 0.1) is 6.26 Å². The molecule has 0 aliphatic carbocycles. The topological polar surface area (TPSA) is 60.4 Å². The van der Waals surface area contributed by atoms with Gasteiger partial charge in [-0.3, -0.25) is 0 Å². The van der Waals surface area contributed by atoms with Gasteiger partial charge in [-0.15, -0.1) is 0 Å². The van der Waals surface area contributed by atoms with Crippen molar-refractivity contribution in [3.8, 4) is 0 Å². The Hall–Kier alpha value is -0.220. The number of unbranched alkanes of at least 4 members (excludes halogenated alkanes) is 3. The summed E-state index contributed by atoms with van der Waals surface area (Å²) < 4.78 is 10.2. The molecule has 0 bridgehead atoms. The van der Waals surface area contributed by atoms with Crippen LogP contribution in [0.3, 0.4) is 0 Å². The smallest absolute Gasteiger partial charge is 0.359 e. The zero-order valence-electron chi connectivity index (χ0n) is 9.21. The van der Waals surface area contributed by atoms with Crippen molar-refractivity contribution in [2.45, 2.75) is 50.7 Å². The summed E-state index contributed by atoms with van der Waals surface area (Å²) in [4.78, 5) is 10.9. The number of carbonyl (C=O) groups is 1. The number of hydrogen-bond donors (Lipinski definition) is 1. The quantitative estimate of drug-likeness (QED) is 0.528. The van der Waals surface area contributed by atoms with Gasteiger partial charge in [0, 0.05) is 6.42 Å². The highest BCUT2D eigenvalue weighted by atomic mass is 32.2. The molecule has 2 atom stereocenters. The summed E-state index contributed by atoms with van der Waals surface area (Å²) in [7, 11) is 0. The van der Waals surface area contributed by atoms with E-state index in [1.54, 1.807) is 6.92 Å². The van der Waals surface area contributed by atoms with Crippen LogP contribution in [-0.4, -0.2) is 26.6 Å². The Morgan fingerprint density at radius 2 is 2.00 bits per heavy atom. The molecule has 0 aromatic heterocycles. The third kappa shape index (κ3) is 3.88. The van der Waals surface area contributed by atoms with Gasteiger partial charge in [0.15, 0.2) is 0 Å². The first-order valence-electron chi connectivity index (χ1n) is 5.02. The van der Waals surface area contributed by atoms with E-state index in [1.165, 1.54) is 6.26 Å². The molecule has 2 unspecified atom stereocenters. The van der Waals surface area contributed by atoms with Crippen LogP contribution in [0.1, 0.15) is 46.0 Å². The summed E-state index contributed by atoms with van der Waals surface area (Å²) in [6.07, 6.45) is 6.08. The predicted molar refractivity (Wildman–Crippen MR) is 58.9 cm³/mol. The van der Waals surface area contributed by atoms with E-state index in [-0.39, 0.29) is 0 Å². The lowest BCUT2D eigenvalue weighted by Crippen LogP contribution is -2.42. The maximum atomic E-state index is 11.3. The summed E-state index contributed by atoms with van der Waals surface area (Å²) in [5.41, 5.74) is 0. The normalized spacial score (nSPS) is 17.4. The van der Waals surface area contributed by atoms with Crippen molar-refractivity contribution < 1.29 is 14.5 Å². The lowest BCUT2D eigenvalue weighted by Gasteiger charge is -2.25. The molecule has 0 spiro atoms. The Morgan fingerprint density at radius 1 is 1.43 bits per heavy atom. The Bertz CT molecular complexity index is 182. The van der Waals surface area contributed by atoms with Crippen LogP contribution in [0.4, 0.5) is 0 Å². The van der Waals surface area contributed by atoms with Gasteiger partial charge in [-0.25, -0.2) is 4.79 Å². The molecular formula is C10H20O3S. The maximum absolute atomic E-state index is 11.3. The molecule has 3 nitrogen and oxygen atoms in total. The lowest BCUT2D eigenvalue weighted by atomic mass is 10.0. The van der Waals surface area contributed by atoms with Gasteiger partial charge in [0.1, 0.15) is 0 Å². The van der Waals surface area contributed by atoms with Crippen molar-refractivity contribution in [2.24, 2.45) is 0 Å². The highest BCUT2D eigenvalue weighted by Gasteiger charge is 2.42. The molecule has 0 aliphatic rings. The standard InChI is InChI=1S/C10H20O3S/c1-4-5-6-7-8-10(2,9(11)12)14(3)13/h4-8H2,1-3H3,(H,11,12). The van der Waals surface area contributed by atoms with E-state index in [2.05, 4.69) is 6.92 Å². The largest absolute Gasteiger partial charge is 0.616 e. The molecule has 4 heteroatoms. The van der Waals surface area contributed by atoms with Crippen molar-refractivity contribution in [1.29, 1.82) is 0 Å². The van der Waals surface area contributed by atoms with Gasteiger partial charge >= 0.3 is 5.97 Å². The Kier molecular flexibility index (Phi) is 6.20. The molecule has 0 saturated carbocycles. The minimum absolute atomic E-state index is 0.505. The highest BCUT2D eigenvalue weighted by Crippen LogP contribution is 2.24. The van der Waals surface area contributed by atoms with Crippen LogP contribution in [-0.2, 0) is 16.0 Å². The Labute approximate surface area is 89.1 Å². The van der Waals surface area contributed by atoms with E-state index in [0.29, 0.717) is 6.42 Å². The van der Waals surface area contributed by atoms with Crippen LogP contribution < -0.4 is 0 Å². The fraction of sp³-hybridized carbons (Fsp3) is 0.900. The van der Waals surface area contributed by atoms with Crippen molar-refractivity contribution in [3.05, 3.63) is 0 Å². The molecule has 0 aromatic carbocycles. The molecule has 14 heavy (non-hydrogen) atoms. The zero-order chi connectivity index (χ0) is 11.2. The summed E-state index contributed by atoms with van der Waals surface area (Å²) in [5.74, 6) is -0.949. The SMILES string of the molecule is CCCCCCC(C)(C(=O)O)[S+](C)[O-]. The van der Waals surface area contributed by atoms with Crippen molar-refractivity contribution in [3.63, 3.8) is 0 Å². The molecule has 0 radical (unpaired) electrons. The second kappa shape index (κ2) is 6.30. The molecule has 0 fully saturated rings. The van der Waals surface area contributed by atoms with Crippen LogP contribution in [0.5, 0.6) is 0 Å². The molecule has 1 N–H and O–H groups in total. The molecule has 0 saturated heterocycles. The first-order chi connectivity index (χ1) is 6.45. The number of rotatable bonds is 7. The maximum Gasteiger partial charge on any atom is 0.359 e. The fourth-order valence-electron chi connectivity index (χ4n) is 1.26. The third-order valence-corrected chi connectivity index (χ3v) is 4.24. The van der Waals surface area contributed by atoms with Crippen molar-refractivity contribution >= 4 is 17.1 Å². The Morgan fingerprint density at radius 3 is 2.36 bits per heavy atom. The Balaban J connectivity index is 4.05. The van der Waals surface area contributed by atoms with E-state index in [1.807, 2.05) is 0 Å². The predicted octanol–water partition coefficient (Wildman–Crippen LogP) is 2.18. The average Bonchev–Trinajstić information content (AvgIpc) is 2.11. The summed E-state index contributed by atoms with van der Waals surface area (Å²) in [6, 6.07) is 0. The molecule has 0 aromatic rings. The number of hydrogen-bond acceptors (Lipinski definition) is 2. The van der Waals surface area contributed by atoms with Crippen LogP contribution in [0.2, 0.25) is 0 Å². The molecular weight excluding hydrogens is 200 g/mol. The summed E-state index contributed by atoms with van der Waals surface area (Å²) in [6.45, 7) is 3.67. The third-order valence-electron chi connectivity index (χ3n) is 2.59. The van der Waals surface area contributed by atoms with E-state index in [9.17, 15) is 9.35 Å². The van der Waals surface area contributed by atoms with E-state index < -0.39 is 21.9 Å². The van der Waals surface area contributed by atoms with Gasteiger partial charge in [0.2, 0.25) is 4.75 Å². The second-order valence-electron chi connectivity index (χ2n) is 3.80. The van der Waals surface area contributed by atoms with Crippen LogP contribution in [0, 0.1) is 0 Å². The number of carboxylic acids is 1. The monoisotopic (exact) mass is 220 g/mol. The van der Waals surface area contributed by atoms with Gasteiger partial charge in [-0.05, 0) is 24.5 Å². The van der Waals surface area contributed by atoms with Crippen LogP contribution in [0.25, 0.3) is 0 Å². The van der Waals surface area contributed by atoms with Crippen molar-refractivity contribution in [2.75, 3.05) is 6.26 Å². The van der Waals surface area contributed by atoms with Crippen LogP contribution >= 0.6 is 0 Å². The molecule has 0 heterocycles. The van der Waals surface area contributed by atoms with Gasteiger partial charge in [0.25, 0.3) is 0 Å². The highest BCUT2D eigenvalue weighted by molar-refractivity contribution is 7.92. The molecule has 84 valence electrons. The van der Waals surface area contributed by atoms with Gasteiger partial charge in [-0.2, -0.15) is 0 Å². The first kappa shape index (κ1) is 13.8. The lowest BCUT2D eigenvalue weighted by molar-refractivity contribution is -0.139. The van der Waals surface area contributed by atoms with E-state index in [0.717, 1.165) is 25.7 Å². The van der Waals surface area contributed by atoms with E-state index >= 15 is 0 Å².